The number of aromatic hydroxyl groups is 1. The van der Waals surface area contributed by atoms with Gasteiger partial charge in [-0.1, -0.05) is 19.1 Å². The van der Waals surface area contributed by atoms with Crippen LogP contribution in [-0.2, 0) is 23.9 Å². The van der Waals surface area contributed by atoms with E-state index in [1.807, 2.05) is 0 Å². The number of aliphatic hydroxyl groups excluding tert-OH is 2. The maximum atomic E-state index is 14.1. The van der Waals surface area contributed by atoms with Crippen LogP contribution in [0.1, 0.15) is 36.8 Å². The highest BCUT2D eigenvalue weighted by atomic mass is 16.5. The molecule has 0 saturated heterocycles. The van der Waals surface area contributed by atoms with Crippen molar-refractivity contribution in [3.05, 3.63) is 46.2 Å². The summed E-state index contributed by atoms with van der Waals surface area (Å²) >= 11 is 0. The van der Waals surface area contributed by atoms with Crippen LogP contribution in [0.25, 0.3) is 5.76 Å². The van der Waals surface area contributed by atoms with Crippen molar-refractivity contribution in [3.63, 3.8) is 0 Å². The number of hydrogen-bond donors (Lipinski definition) is 5. The average Bonchev–Trinajstić information content (AvgIpc) is 3.66. The zero-order valence-electron chi connectivity index (χ0n) is 20.5. The number of primary amides is 1. The number of Topliss-reactive ketones (excluding diaryl/α,β-unsaturated/α-hetero) is 2. The molecule has 37 heavy (non-hydrogen) atoms. The third-order valence-corrected chi connectivity index (χ3v) is 8.13. The van der Waals surface area contributed by atoms with Crippen LogP contribution in [-0.4, -0.2) is 80.6 Å². The first-order valence-corrected chi connectivity index (χ1v) is 12.0. The molecule has 0 aromatic heterocycles. The number of fused-ring (bicyclic) bond motifs is 3. The molecule has 6 N–H and O–H groups in total. The Morgan fingerprint density at radius 3 is 2.35 bits per heavy atom. The van der Waals surface area contributed by atoms with Crippen LogP contribution in [0.4, 0.5) is 0 Å². The molecule has 1 amide bonds. The van der Waals surface area contributed by atoms with Crippen molar-refractivity contribution < 1.29 is 44.3 Å². The largest absolute Gasteiger partial charge is 0.508 e. The van der Waals surface area contributed by atoms with E-state index < -0.39 is 76.0 Å². The number of phenols is 1. The number of phenolic OH excluding ortho intramolecular Hbond substituents is 1. The standard InChI is InChI=1S/C26H28N2O9/c1-9-11-5-4-6-12(29)14(11)19(30)15-13(9)21(37-25(35)10-7-8-10)17-18(28(2)3)20(31)16(24(27)34)23(33)26(17,36)22(15)32/h4-6,9-10,13,17-18,21,29-30,33,36H,7-8H2,1-3H3,(H2,27,34)/t9?,13-,17-,18+,21+,26+/m1/s1. The predicted molar refractivity (Wildman–Crippen MR) is 127 cm³/mol. The van der Waals surface area contributed by atoms with Crippen molar-refractivity contribution in [1.29, 1.82) is 0 Å². The number of likely N-dealkylation sites (N-methyl/N-ethyl adjacent to an activating group) is 1. The Morgan fingerprint density at radius 2 is 1.78 bits per heavy atom. The van der Waals surface area contributed by atoms with E-state index in [9.17, 15) is 39.6 Å². The molecule has 0 heterocycles. The van der Waals surface area contributed by atoms with Gasteiger partial charge < -0.3 is 30.9 Å². The topological polar surface area (TPSA) is 188 Å². The van der Waals surface area contributed by atoms with Crippen LogP contribution in [0, 0.1) is 17.8 Å². The lowest BCUT2D eigenvalue weighted by Gasteiger charge is -2.54. The van der Waals surface area contributed by atoms with E-state index in [1.165, 1.54) is 25.1 Å². The minimum absolute atomic E-state index is 0.0291. The van der Waals surface area contributed by atoms with E-state index in [2.05, 4.69) is 0 Å². The van der Waals surface area contributed by atoms with E-state index >= 15 is 0 Å². The Kier molecular flexibility index (Phi) is 5.50. The van der Waals surface area contributed by atoms with Crippen LogP contribution >= 0.6 is 0 Å². The van der Waals surface area contributed by atoms with Crippen LogP contribution < -0.4 is 5.73 Å². The molecule has 11 heteroatoms. The highest BCUT2D eigenvalue weighted by Gasteiger charge is 2.69. The van der Waals surface area contributed by atoms with Gasteiger partial charge >= 0.3 is 5.97 Å². The summed E-state index contributed by atoms with van der Waals surface area (Å²) in [6.07, 6.45) is -0.180. The van der Waals surface area contributed by atoms with Crippen LogP contribution in [0.3, 0.4) is 0 Å². The number of esters is 1. The van der Waals surface area contributed by atoms with E-state index in [1.54, 1.807) is 19.1 Å². The molecule has 6 atom stereocenters. The first-order valence-electron chi connectivity index (χ1n) is 12.0. The summed E-state index contributed by atoms with van der Waals surface area (Å²) in [7, 11) is 2.96. The van der Waals surface area contributed by atoms with Gasteiger partial charge in [0.25, 0.3) is 5.91 Å². The Labute approximate surface area is 211 Å². The van der Waals surface area contributed by atoms with Gasteiger partial charge in [0, 0.05) is 11.5 Å². The molecule has 1 aromatic rings. The smallest absolute Gasteiger partial charge is 0.309 e. The highest BCUT2D eigenvalue weighted by molar-refractivity contribution is 6.24. The molecular weight excluding hydrogens is 484 g/mol. The third kappa shape index (κ3) is 3.27. The Bertz CT molecular complexity index is 1330. The normalized spacial score (nSPS) is 33.2. The maximum Gasteiger partial charge on any atom is 0.309 e. The van der Waals surface area contributed by atoms with Gasteiger partial charge in [-0.3, -0.25) is 24.1 Å². The second-order valence-corrected chi connectivity index (χ2v) is 10.5. The van der Waals surface area contributed by atoms with Crippen molar-refractivity contribution in [1.82, 2.24) is 4.90 Å². The molecule has 5 rings (SSSR count). The molecule has 2 fully saturated rings. The lowest BCUT2D eigenvalue weighted by molar-refractivity contribution is -0.186. The van der Waals surface area contributed by atoms with Crippen molar-refractivity contribution >= 4 is 29.2 Å². The Hall–Kier alpha value is -3.70. The Morgan fingerprint density at radius 1 is 1.14 bits per heavy atom. The number of ketones is 2. The number of benzene rings is 1. The minimum Gasteiger partial charge on any atom is -0.508 e. The molecule has 1 unspecified atom stereocenters. The summed E-state index contributed by atoms with van der Waals surface area (Å²) in [5, 5.41) is 44.8. The monoisotopic (exact) mass is 512 g/mol. The van der Waals surface area contributed by atoms with Crippen molar-refractivity contribution in [2.45, 2.75) is 43.4 Å². The fraction of sp³-hybridized carbons (Fsp3) is 0.462. The van der Waals surface area contributed by atoms with Crippen molar-refractivity contribution in [2.75, 3.05) is 14.1 Å². The number of ether oxygens (including phenoxy) is 1. The summed E-state index contributed by atoms with van der Waals surface area (Å²) < 4.78 is 5.92. The number of carbonyl (C=O) groups excluding carboxylic acids is 4. The van der Waals surface area contributed by atoms with E-state index in [-0.39, 0.29) is 22.8 Å². The quantitative estimate of drug-likeness (QED) is 0.280. The number of nitrogens with two attached hydrogens (primary N) is 1. The summed E-state index contributed by atoms with van der Waals surface area (Å²) in [6, 6.07) is 3.15. The molecule has 2 saturated carbocycles. The van der Waals surface area contributed by atoms with Gasteiger partial charge in [0.1, 0.15) is 28.9 Å². The Balaban J connectivity index is 1.83. The molecule has 4 aliphatic rings. The molecule has 4 aliphatic carbocycles. The minimum atomic E-state index is -2.93. The van der Waals surface area contributed by atoms with Gasteiger partial charge in [-0.05, 0) is 44.5 Å². The number of amides is 1. The van der Waals surface area contributed by atoms with Crippen LogP contribution in [0.5, 0.6) is 5.75 Å². The number of nitrogens with zero attached hydrogens (tertiary/aromatic N) is 1. The third-order valence-electron chi connectivity index (χ3n) is 8.13. The molecule has 0 radical (unpaired) electrons. The van der Waals surface area contributed by atoms with E-state index in [0.29, 0.717) is 18.4 Å². The van der Waals surface area contributed by atoms with E-state index in [4.69, 9.17) is 10.5 Å². The molecule has 0 spiro atoms. The maximum absolute atomic E-state index is 14.1. The second kappa shape index (κ2) is 8.15. The number of rotatable bonds is 4. The van der Waals surface area contributed by atoms with Gasteiger partial charge in [-0.2, -0.15) is 0 Å². The molecule has 196 valence electrons. The summed E-state index contributed by atoms with van der Waals surface area (Å²) in [5.41, 5.74) is 1.56. The van der Waals surface area contributed by atoms with Gasteiger partial charge in [-0.25, -0.2) is 0 Å². The predicted octanol–water partition coefficient (Wildman–Crippen LogP) is 0.457. The molecular formula is C26H28N2O9. The highest BCUT2D eigenvalue weighted by Crippen LogP contribution is 2.57. The van der Waals surface area contributed by atoms with Gasteiger partial charge in [0.2, 0.25) is 5.78 Å². The fourth-order valence-corrected chi connectivity index (χ4v) is 6.24. The van der Waals surface area contributed by atoms with Gasteiger partial charge in [0.05, 0.1) is 23.4 Å². The van der Waals surface area contributed by atoms with Crippen LogP contribution in [0.2, 0.25) is 0 Å². The molecule has 0 bridgehead atoms. The van der Waals surface area contributed by atoms with E-state index in [0.717, 1.165) is 0 Å². The molecule has 11 nitrogen and oxygen atoms in total. The molecule has 0 aliphatic heterocycles. The summed E-state index contributed by atoms with van der Waals surface area (Å²) in [5.74, 6) is -9.83. The lowest BCUT2D eigenvalue weighted by Crippen LogP contribution is -2.71. The zero-order valence-corrected chi connectivity index (χ0v) is 20.5. The van der Waals surface area contributed by atoms with Gasteiger partial charge in [-0.15, -0.1) is 0 Å². The number of hydrogen-bond acceptors (Lipinski definition) is 10. The lowest BCUT2D eigenvalue weighted by atomic mass is 9.54. The zero-order chi connectivity index (χ0) is 27.1. The van der Waals surface area contributed by atoms with Crippen LogP contribution in [0.15, 0.2) is 35.1 Å². The fourth-order valence-electron chi connectivity index (χ4n) is 6.24. The summed E-state index contributed by atoms with van der Waals surface area (Å²) in [4.78, 5) is 54.0. The van der Waals surface area contributed by atoms with Gasteiger partial charge in [0.15, 0.2) is 11.4 Å². The summed E-state index contributed by atoms with van der Waals surface area (Å²) in [6.45, 7) is 1.71. The number of carbonyl (C=O) groups is 4. The first kappa shape index (κ1) is 25.0. The van der Waals surface area contributed by atoms with Crippen molar-refractivity contribution in [2.24, 2.45) is 23.5 Å². The number of aliphatic hydroxyl groups is 3. The van der Waals surface area contributed by atoms with Crippen molar-refractivity contribution in [3.8, 4) is 5.75 Å². The second-order valence-electron chi connectivity index (χ2n) is 10.5. The average molecular weight is 513 g/mol. The molecule has 1 aromatic carbocycles. The first-order chi connectivity index (χ1) is 17.3. The SMILES string of the molecule is CC1c2cccc(O)c2C(O)=C2C(=O)[C@]3(O)C(O)=C(C(N)=O)C(=O)[C@@H](N(C)C)[C@@H]3[C@@H](OC(=O)C3CC3)[C@@H]21.